The van der Waals surface area contributed by atoms with Crippen molar-refractivity contribution in [1.29, 1.82) is 0 Å². The molecule has 0 spiro atoms. The van der Waals surface area contributed by atoms with Gasteiger partial charge >= 0.3 is 0 Å². The zero-order chi connectivity index (χ0) is 47.5. The first-order valence-corrected chi connectivity index (χ1v) is 25.0. The van der Waals surface area contributed by atoms with E-state index >= 15 is 0 Å². The van der Waals surface area contributed by atoms with Gasteiger partial charge in [0, 0.05) is 71.3 Å². The van der Waals surface area contributed by atoms with Crippen molar-refractivity contribution < 1.29 is 9.47 Å². The summed E-state index contributed by atoms with van der Waals surface area (Å²) >= 11 is 0. The molecule has 0 unspecified atom stereocenters. The SMILES string of the molecule is c1ccc(-n2c3ccccc3c3c2ccc2c4ccccc4n(-c4ccc5c(c4)B4c6cc(-n7c8ccccc8c8ccc9c(c%10ccccc%10n9-c9ccccc9)c87)ccc6Oc6cccc(c64)O5)c23)cc1. The van der Waals surface area contributed by atoms with Crippen molar-refractivity contribution in [2.45, 2.75) is 0 Å². The van der Waals surface area contributed by atoms with Crippen LogP contribution in [0.5, 0.6) is 23.0 Å². The minimum absolute atomic E-state index is 0.181. The van der Waals surface area contributed by atoms with Crippen molar-refractivity contribution in [3.63, 3.8) is 0 Å². The first-order chi connectivity index (χ1) is 36.2. The van der Waals surface area contributed by atoms with Gasteiger partial charge in [0.2, 0.25) is 0 Å². The number of benzene rings is 11. The molecular formula is C66H39BN4O2. The monoisotopic (exact) mass is 930 g/mol. The van der Waals surface area contributed by atoms with Crippen LogP contribution in [-0.4, -0.2) is 25.0 Å². The molecule has 15 aromatic rings. The molecule has 7 heteroatoms. The number of para-hydroxylation sites is 6. The summed E-state index contributed by atoms with van der Waals surface area (Å²) < 4.78 is 23.6. The van der Waals surface area contributed by atoms with E-state index in [1.165, 1.54) is 76.2 Å². The number of fused-ring (bicyclic) bond motifs is 18. The highest BCUT2D eigenvalue weighted by Gasteiger charge is 2.41. The van der Waals surface area contributed by atoms with E-state index in [-0.39, 0.29) is 6.71 Å². The Morgan fingerprint density at radius 1 is 0.260 bits per heavy atom. The molecule has 0 saturated heterocycles. The molecule has 4 aromatic heterocycles. The molecule has 0 N–H and O–H groups in total. The molecule has 338 valence electrons. The molecular weight excluding hydrogens is 892 g/mol. The topological polar surface area (TPSA) is 38.2 Å². The highest BCUT2D eigenvalue weighted by atomic mass is 16.5. The molecule has 0 aliphatic carbocycles. The molecule has 0 bridgehead atoms. The highest BCUT2D eigenvalue weighted by Crippen LogP contribution is 2.45. The summed E-state index contributed by atoms with van der Waals surface area (Å²) in [7, 11) is 0. The molecule has 73 heavy (non-hydrogen) atoms. The molecule has 0 fully saturated rings. The minimum atomic E-state index is -0.181. The van der Waals surface area contributed by atoms with E-state index in [2.05, 4.69) is 249 Å². The van der Waals surface area contributed by atoms with Crippen LogP contribution in [0, 0.1) is 0 Å². The van der Waals surface area contributed by atoms with Crippen LogP contribution in [0.4, 0.5) is 0 Å². The van der Waals surface area contributed by atoms with E-state index in [9.17, 15) is 0 Å². The largest absolute Gasteiger partial charge is 0.458 e. The number of nitrogens with zero attached hydrogens (tertiary/aromatic N) is 4. The Balaban J connectivity index is 0.923. The number of hydrogen-bond donors (Lipinski definition) is 0. The first-order valence-electron chi connectivity index (χ1n) is 25.0. The lowest BCUT2D eigenvalue weighted by Crippen LogP contribution is -2.57. The van der Waals surface area contributed by atoms with Gasteiger partial charge in [0.15, 0.2) is 0 Å². The Labute approximate surface area is 418 Å². The predicted molar refractivity (Wildman–Crippen MR) is 301 cm³/mol. The van der Waals surface area contributed by atoms with E-state index < -0.39 is 0 Å². The van der Waals surface area contributed by atoms with Gasteiger partial charge in [-0.25, -0.2) is 0 Å². The second kappa shape index (κ2) is 14.4. The molecule has 11 aromatic carbocycles. The van der Waals surface area contributed by atoms with Gasteiger partial charge in [-0.1, -0.05) is 127 Å². The van der Waals surface area contributed by atoms with E-state index in [0.717, 1.165) is 73.2 Å². The van der Waals surface area contributed by atoms with Crippen molar-refractivity contribution in [2.75, 3.05) is 0 Å². The fraction of sp³-hybridized carbons (Fsp3) is 0. The van der Waals surface area contributed by atoms with E-state index in [0.29, 0.717) is 0 Å². The smallest absolute Gasteiger partial charge is 0.260 e. The van der Waals surface area contributed by atoms with Gasteiger partial charge in [-0.15, -0.1) is 0 Å². The van der Waals surface area contributed by atoms with Crippen LogP contribution < -0.4 is 25.9 Å². The molecule has 17 rings (SSSR count). The van der Waals surface area contributed by atoms with Gasteiger partial charge in [0.25, 0.3) is 6.71 Å². The fourth-order valence-electron chi connectivity index (χ4n) is 13.0. The number of rotatable bonds is 4. The van der Waals surface area contributed by atoms with Gasteiger partial charge in [-0.3, -0.25) is 0 Å². The normalized spacial score (nSPS) is 12.8. The predicted octanol–water partition coefficient (Wildman–Crippen LogP) is 14.8. The molecule has 0 saturated carbocycles. The average Bonchev–Trinajstić information content (AvgIpc) is 4.19. The maximum atomic E-state index is 6.91. The second-order valence-corrected chi connectivity index (χ2v) is 19.5. The quantitative estimate of drug-likeness (QED) is 0.165. The second-order valence-electron chi connectivity index (χ2n) is 19.5. The van der Waals surface area contributed by atoms with Crippen LogP contribution in [0.1, 0.15) is 0 Å². The minimum Gasteiger partial charge on any atom is -0.458 e. The molecule has 2 aliphatic heterocycles. The Morgan fingerprint density at radius 3 is 1.11 bits per heavy atom. The third kappa shape index (κ3) is 5.22. The molecule has 0 atom stereocenters. The summed E-state index contributed by atoms with van der Waals surface area (Å²) in [6, 6.07) is 85.8. The van der Waals surface area contributed by atoms with Crippen LogP contribution in [0.15, 0.2) is 237 Å². The van der Waals surface area contributed by atoms with Crippen LogP contribution in [0.2, 0.25) is 0 Å². The molecule has 0 radical (unpaired) electrons. The maximum Gasteiger partial charge on any atom is 0.260 e. The van der Waals surface area contributed by atoms with Gasteiger partial charge in [-0.2, -0.15) is 0 Å². The Kier molecular flexibility index (Phi) is 7.73. The van der Waals surface area contributed by atoms with Crippen molar-refractivity contribution in [1.82, 2.24) is 18.3 Å². The summed E-state index contributed by atoms with van der Waals surface area (Å²) in [6.07, 6.45) is 0. The lowest BCUT2D eigenvalue weighted by Gasteiger charge is -2.33. The van der Waals surface area contributed by atoms with Gasteiger partial charge < -0.3 is 27.7 Å². The average molecular weight is 931 g/mol. The maximum absolute atomic E-state index is 6.91. The molecule has 0 amide bonds. The number of hydrogen-bond acceptors (Lipinski definition) is 2. The summed E-state index contributed by atoms with van der Waals surface area (Å²) in [4.78, 5) is 0. The van der Waals surface area contributed by atoms with Crippen LogP contribution in [0.3, 0.4) is 0 Å². The summed E-state index contributed by atoms with van der Waals surface area (Å²) in [5.74, 6) is 3.32. The van der Waals surface area contributed by atoms with Gasteiger partial charge in [0.05, 0.1) is 44.1 Å². The lowest BCUT2D eigenvalue weighted by molar-refractivity contribution is 0.464. The lowest BCUT2D eigenvalue weighted by atomic mass is 9.35. The summed E-state index contributed by atoms with van der Waals surface area (Å²) in [5.41, 5.74) is 17.0. The van der Waals surface area contributed by atoms with Crippen molar-refractivity contribution in [3.05, 3.63) is 237 Å². The number of ether oxygens (including phenoxy) is 2. The van der Waals surface area contributed by atoms with E-state index in [4.69, 9.17) is 9.47 Å². The third-order valence-electron chi connectivity index (χ3n) is 15.8. The summed E-state index contributed by atoms with van der Waals surface area (Å²) in [5, 5.41) is 9.74. The van der Waals surface area contributed by atoms with Crippen molar-refractivity contribution in [3.8, 4) is 45.7 Å². The van der Waals surface area contributed by atoms with Crippen LogP contribution in [-0.2, 0) is 0 Å². The molecule has 6 nitrogen and oxygen atoms in total. The highest BCUT2D eigenvalue weighted by molar-refractivity contribution is 6.98. The standard InChI is InChI=1S/C66H39BN4O2/c1-3-16-40(17-4-1)68-54-26-13-9-22-48(54)62-56(68)34-32-46-44-20-7-11-24-52(44)70(65(46)62)42-30-36-58-50(38-42)67-51-39-43(31-37-59(51)73-61-29-15-28-60(72-58)64(61)67)71-53-25-12-8-21-45(53)47-33-35-57-63(66(47)71)49-23-10-14-27-55(49)69(57)41-18-5-2-6-19-41/h1-39H. The Bertz CT molecular complexity index is 4560. The van der Waals surface area contributed by atoms with Crippen LogP contribution >= 0.6 is 0 Å². The summed E-state index contributed by atoms with van der Waals surface area (Å²) in [6.45, 7) is -0.181. The van der Waals surface area contributed by atoms with Gasteiger partial charge in [-0.05, 0) is 120 Å². The Morgan fingerprint density at radius 2 is 0.658 bits per heavy atom. The van der Waals surface area contributed by atoms with Gasteiger partial charge in [0.1, 0.15) is 23.0 Å². The Hall–Kier alpha value is -9.72. The zero-order valence-corrected chi connectivity index (χ0v) is 39.2. The fourth-order valence-corrected chi connectivity index (χ4v) is 13.0. The zero-order valence-electron chi connectivity index (χ0n) is 39.2. The van der Waals surface area contributed by atoms with Crippen molar-refractivity contribution in [2.24, 2.45) is 0 Å². The first kappa shape index (κ1) is 39.1. The molecule has 6 heterocycles. The molecule has 2 aliphatic rings. The van der Waals surface area contributed by atoms with Crippen LogP contribution in [0.25, 0.3) is 110 Å². The van der Waals surface area contributed by atoms with E-state index in [1.807, 2.05) is 6.07 Å². The van der Waals surface area contributed by atoms with Crippen molar-refractivity contribution >= 4 is 110 Å². The number of aromatic nitrogens is 4. The van der Waals surface area contributed by atoms with E-state index in [1.54, 1.807) is 0 Å². The third-order valence-corrected chi connectivity index (χ3v) is 15.8.